The molecule has 1 aliphatic rings. The van der Waals surface area contributed by atoms with Gasteiger partial charge in [-0.05, 0) is 156 Å². The van der Waals surface area contributed by atoms with Gasteiger partial charge in [-0.3, -0.25) is 0 Å². The van der Waals surface area contributed by atoms with Crippen LogP contribution in [0, 0.1) is 6.92 Å². The summed E-state index contributed by atoms with van der Waals surface area (Å²) in [5.41, 5.74) is 18.2. The monoisotopic (exact) mass is 867 g/mol. The second-order valence-corrected chi connectivity index (χ2v) is 19.3. The summed E-state index contributed by atoms with van der Waals surface area (Å²) in [4.78, 5) is 2.38. The fourth-order valence-corrected chi connectivity index (χ4v) is 11.6. The molecule has 0 saturated carbocycles. The third-order valence-electron chi connectivity index (χ3n) is 15.1. The zero-order valence-electron chi connectivity index (χ0n) is 39.5. The average Bonchev–Trinajstić information content (AvgIpc) is 3.65. The number of hydrogen-bond acceptors (Lipinski definition) is 1. The molecule has 0 N–H and O–H groups in total. The van der Waals surface area contributed by atoms with Gasteiger partial charge < -0.3 is 4.90 Å². The summed E-state index contributed by atoms with van der Waals surface area (Å²) in [6.07, 6.45) is 12.5. The number of fused-ring (bicyclic) bond motifs is 3. The van der Waals surface area contributed by atoms with Gasteiger partial charge in [0, 0.05) is 22.5 Å². The fourth-order valence-electron chi connectivity index (χ4n) is 11.6. The molecule has 67 heavy (non-hydrogen) atoms. The summed E-state index contributed by atoms with van der Waals surface area (Å²) >= 11 is 0. The predicted octanol–water partition coefficient (Wildman–Crippen LogP) is 19.6. The van der Waals surface area contributed by atoms with Gasteiger partial charge in [0.25, 0.3) is 0 Å². The Morgan fingerprint density at radius 2 is 0.821 bits per heavy atom. The molecule has 0 spiro atoms. The van der Waals surface area contributed by atoms with Crippen molar-refractivity contribution in [3.8, 4) is 44.5 Å². The standard InChI is InChI=1S/C66H61N/c1-4-6-8-13-42-66(43-14-9-7-5-2)62-44-53(49-26-36-57(37-27-49)67(55-32-20-46(3)21-33-55)56-34-24-48(25-35-56)47-16-11-10-12-17-47)30-39-59(62)60-40-31-54(45-63(60)66)58-38-28-52-23-22-50-18-15-19-51-29-41-61(58)65(52)64(50)51/h10-12,15-41,44-45H,4-9,13-14,42-43H2,1-3H3. The van der Waals surface area contributed by atoms with E-state index in [-0.39, 0.29) is 5.41 Å². The highest BCUT2D eigenvalue weighted by atomic mass is 15.1. The predicted molar refractivity (Wildman–Crippen MR) is 290 cm³/mol. The van der Waals surface area contributed by atoms with Gasteiger partial charge in [-0.2, -0.15) is 0 Å². The van der Waals surface area contributed by atoms with Gasteiger partial charge in [-0.25, -0.2) is 0 Å². The largest absolute Gasteiger partial charge is 0.311 e. The topological polar surface area (TPSA) is 3.24 Å². The van der Waals surface area contributed by atoms with Crippen molar-refractivity contribution in [2.24, 2.45) is 0 Å². The van der Waals surface area contributed by atoms with Crippen LogP contribution in [0.4, 0.5) is 17.1 Å². The van der Waals surface area contributed by atoms with E-state index >= 15 is 0 Å². The van der Waals surface area contributed by atoms with Crippen molar-refractivity contribution >= 4 is 49.4 Å². The Bertz CT molecular complexity index is 3280. The Hall–Kier alpha value is -6.96. The van der Waals surface area contributed by atoms with Crippen LogP contribution in [0.2, 0.25) is 0 Å². The van der Waals surface area contributed by atoms with Crippen LogP contribution in [0.1, 0.15) is 94.7 Å². The highest BCUT2D eigenvalue weighted by Gasteiger charge is 2.42. The molecule has 0 fully saturated rings. The van der Waals surface area contributed by atoms with Gasteiger partial charge in [0.2, 0.25) is 0 Å². The van der Waals surface area contributed by atoms with E-state index < -0.39 is 0 Å². The first-order valence-electron chi connectivity index (χ1n) is 25.1. The first-order chi connectivity index (χ1) is 33.0. The van der Waals surface area contributed by atoms with Crippen molar-refractivity contribution in [1.29, 1.82) is 0 Å². The Morgan fingerprint density at radius 1 is 0.358 bits per heavy atom. The second kappa shape index (κ2) is 18.4. The molecule has 0 atom stereocenters. The van der Waals surface area contributed by atoms with Gasteiger partial charge in [0.1, 0.15) is 0 Å². The van der Waals surface area contributed by atoms with E-state index in [1.807, 2.05) is 0 Å². The van der Waals surface area contributed by atoms with E-state index in [2.05, 4.69) is 220 Å². The van der Waals surface area contributed by atoms with Crippen LogP contribution in [-0.2, 0) is 5.41 Å². The van der Waals surface area contributed by atoms with Crippen molar-refractivity contribution in [2.75, 3.05) is 4.90 Å². The molecule has 1 nitrogen and oxygen atoms in total. The van der Waals surface area contributed by atoms with E-state index in [4.69, 9.17) is 0 Å². The quantitative estimate of drug-likeness (QED) is 0.0691. The van der Waals surface area contributed by atoms with Crippen LogP contribution in [0.15, 0.2) is 194 Å². The molecule has 0 aromatic heterocycles. The third kappa shape index (κ3) is 7.89. The summed E-state index contributed by atoms with van der Waals surface area (Å²) < 4.78 is 0. The molecule has 0 unspecified atom stereocenters. The lowest BCUT2D eigenvalue weighted by atomic mass is 9.70. The summed E-state index contributed by atoms with van der Waals surface area (Å²) in [6, 6.07) is 73.6. The second-order valence-electron chi connectivity index (χ2n) is 19.3. The minimum atomic E-state index is -0.0456. The number of aryl methyl sites for hydroxylation is 1. The van der Waals surface area contributed by atoms with Gasteiger partial charge in [-0.15, -0.1) is 0 Å². The minimum Gasteiger partial charge on any atom is -0.311 e. The van der Waals surface area contributed by atoms with Gasteiger partial charge in [0.05, 0.1) is 0 Å². The molecule has 10 aromatic rings. The molecule has 10 aromatic carbocycles. The van der Waals surface area contributed by atoms with Crippen molar-refractivity contribution in [2.45, 2.75) is 90.4 Å². The maximum atomic E-state index is 2.63. The van der Waals surface area contributed by atoms with Crippen molar-refractivity contribution in [3.63, 3.8) is 0 Å². The lowest BCUT2D eigenvalue weighted by molar-refractivity contribution is 0.401. The summed E-state index contributed by atoms with van der Waals surface area (Å²) in [5, 5.41) is 8.08. The van der Waals surface area contributed by atoms with Crippen LogP contribution in [0.3, 0.4) is 0 Å². The van der Waals surface area contributed by atoms with Gasteiger partial charge in [-0.1, -0.05) is 216 Å². The van der Waals surface area contributed by atoms with Crippen LogP contribution in [0.25, 0.3) is 76.8 Å². The van der Waals surface area contributed by atoms with Crippen LogP contribution in [-0.4, -0.2) is 0 Å². The normalized spacial score (nSPS) is 12.8. The zero-order chi connectivity index (χ0) is 45.3. The maximum absolute atomic E-state index is 2.63. The Morgan fingerprint density at radius 3 is 1.42 bits per heavy atom. The molecular weight excluding hydrogens is 807 g/mol. The molecule has 0 bridgehead atoms. The number of unbranched alkanes of at least 4 members (excludes halogenated alkanes) is 6. The highest BCUT2D eigenvalue weighted by Crippen LogP contribution is 2.56. The minimum absolute atomic E-state index is 0.0456. The molecule has 0 amide bonds. The summed E-state index contributed by atoms with van der Waals surface area (Å²) in [6.45, 7) is 6.83. The van der Waals surface area contributed by atoms with E-state index in [9.17, 15) is 0 Å². The molecule has 11 rings (SSSR count). The van der Waals surface area contributed by atoms with Gasteiger partial charge >= 0.3 is 0 Å². The van der Waals surface area contributed by atoms with Crippen molar-refractivity contribution < 1.29 is 0 Å². The third-order valence-corrected chi connectivity index (χ3v) is 15.1. The SMILES string of the molecule is CCCCCCC1(CCCCCC)c2cc(-c3ccc(N(c4ccc(C)cc4)c4ccc(-c5ccccc5)cc4)cc3)ccc2-c2ccc(-c3ccc4ccc5cccc6ccc3c4c56)cc21. The number of hydrogen-bond donors (Lipinski definition) is 0. The van der Waals surface area contributed by atoms with E-state index in [0.717, 1.165) is 17.1 Å². The lowest BCUT2D eigenvalue weighted by Crippen LogP contribution is -2.25. The Kier molecular flexibility index (Phi) is 11.7. The number of rotatable bonds is 16. The molecule has 1 heteroatoms. The van der Waals surface area contributed by atoms with E-state index in [1.54, 1.807) is 5.56 Å². The molecule has 330 valence electrons. The van der Waals surface area contributed by atoms with Gasteiger partial charge in [0.15, 0.2) is 0 Å². The molecule has 0 heterocycles. The Labute approximate surface area is 398 Å². The average molecular weight is 868 g/mol. The smallest absolute Gasteiger partial charge is 0.0462 e. The maximum Gasteiger partial charge on any atom is 0.0462 e. The summed E-state index contributed by atoms with van der Waals surface area (Å²) in [7, 11) is 0. The molecule has 0 saturated heterocycles. The van der Waals surface area contributed by atoms with Crippen LogP contribution < -0.4 is 4.90 Å². The first kappa shape index (κ1) is 42.7. The molecular formula is C66H61N. The van der Waals surface area contributed by atoms with Crippen LogP contribution >= 0.6 is 0 Å². The first-order valence-corrected chi connectivity index (χ1v) is 25.1. The molecule has 1 aliphatic carbocycles. The number of anilines is 3. The molecule has 0 aliphatic heterocycles. The lowest BCUT2D eigenvalue weighted by Gasteiger charge is -2.33. The Balaban J connectivity index is 0.995. The number of benzene rings is 10. The van der Waals surface area contributed by atoms with E-state index in [0.29, 0.717) is 0 Å². The van der Waals surface area contributed by atoms with Crippen molar-refractivity contribution in [1.82, 2.24) is 0 Å². The zero-order valence-corrected chi connectivity index (χ0v) is 39.5. The van der Waals surface area contributed by atoms with Crippen LogP contribution in [0.5, 0.6) is 0 Å². The summed E-state index contributed by atoms with van der Waals surface area (Å²) in [5.74, 6) is 0. The fraction of sp³-hybridized carbons (Fsp3) is 0.212. The molecule has 0 radical (unpaired) electrons. The van der Waals surface area contributed by atoms with E-state index in [1.165, 1.54) is 152 Å². The highest BCUT2D eigenvalue weighted by molar-refractivity contribution is 6.25. The van der Waals surface area contributed by atoms with Crippen molar-refractivity contribution in [3.05, 3.63) is 211 Å². The number of nitrogens with zero attached hydrogens (tertiary/aromatic N) is 1.